The summed E-state index contributed by atoms with van der Waals surface area (Å²) in [6.07, 6.45) is 9.78. The van der Waals surface area contributed by atoms with Gasteiger partial charge in [-0.05, 0) is 49.4 Å². The Hall–Kier alpha value is -2.22. The van der Waals surface area contributed by atoms with Gasteiger partial charge in [0.2, 0.25) is 5.95 Å². The van der Waals surface area contributed by atoms with E-state index in [0.29, 0.717) is 24.5 Å². The molecule has 1 aliphatic carbocycles. The Kier molecular flexibility index (Phi) is 12.3. The lowest BCUT2D eigenvalue weighted by Gasteiger charge is -2.33. The Morgan fingerprint density at radius 1 is 0.974 bits per heavy atom. The summed E-state index contributed by atoms with van der Waals surface area (Å²) < 4.78 is 70.5. The molecule has 2 aromatic rings. The molecule has 8 heteroatoms. The molecule has 0 spiro atoms. The van der Waals surface area contributed by atoms with E-state index in [4.69, 9.17) is 9.47 Å². The van der Waals surface area contributed by atoms with Crippen LogP contribution in [0.15, 0.2) is 24.4 Å². The third kappa shape index (κ3) is 8.65. The molecule has 0 aliphatic heterocycles. The predicted molar refractivity (Wildman–Crippen MR) is 142 cm³/mol. The molecular formula is C30H42F4N2O2. The molecule has 4 nitrogen and oxygen atoms in total. The summed E-state index contributed by atoms with van der Waals surface area (Å²) >= 11 is 0. The molecule has 2 aromatic heterocycles. The standard InChI is InChI=1S/C30H42F4N2O2/c1-3-5-7-9-10-12-18-37-24-15-16-25(35-20-24)26-19-22-14-17-27(30(33,34)28(22)29(32)36-26)38-21-23(31)13-11-8-6-4-2/h15-16,19-20,23,27H,3-14,17-18,21H2,1-2H3. The van der Waals surface area contributed by atoms with Crippen LogP contribution >= 0.6 is 0 Å². The number of aryl methyl sites for hydroxylation is 1. The molecule has 2 unspecified atom stereocenters. The van der Waals surface area contributed by atoms with E-state index in [0.717, 1.165) is 32.1 Å². The molecule has 0 N–H and O–H groups in total. The number of pyridine rings is 2. The first-order valence-corrected chi connectivity index (χ1v) is 14.3. The van der Waals surface area contributed by atoms with Gasteiger partial charge in [0, 0.05) is 0 Å². The van der Waals surface area contributed by atoms with Crippen LogP contribution in [-0.4, -0.2) is 35.5 Å². The number of ether oxygens (including phenoxy) is 2. The van der Waals surface area contributed by atoms with E-state index in [1.807, 2.05) is 0 Å². The quantitative estimate of drug-likeness (QED) is 0.115. The molecule has 0 saturated carbocycles. The summed E-state index contributed by atoms with van der Waals surface area (Å²) in [4.78, 5) is 8.11. The van der Waals surface area contributed by atoms with Gasteiger partial charge in [0.25, 0.3) is 0 Å². The first kappa shape index (κ1) is 30.3. The Morgan fingerprint density at radius 3 is 2.39 bits per heavy atom. The molecular weight excluding hydrogens is 496 g/mol. The largest absolute Gasteiger partial charge is 0.492 e. The molecule has 38 heavy (non-hydrogen) atoms. The molecule has 3 rings (SSSR count). The Labute approximate surface area is 224 Å². The second kappa shape index (κ2) is 15.4. The number of nitrogens with zero attached hydrogens (tertiary/aromatic N) is 2. The van der Waals surface area contributed by atoms with Crippen LogP contribution in [0, 0.1) is 5.95 Å². The normalized spacial score (nSPS) is 17.3. The van der Waals surface area contributed by atoms with Gasteiger partial charge < -0.3 is 9.47 Å². The maximum Gasteiger partial charge on any atom is 0.303 e. The third-order valence-corrected chi connectivity index (χ3v) is 7.09. The maximum atomic E-state index is 15.2. The third-order valence-electron chi connectivity index (χ3n) is 7.09. The molecule has 0 radical (unpaired) electrons. The molecule has 0 bridgehead atoms. The fourth-order valence-electron chi connectivity index (χ4n) is 4.85. The number of rotatable bonds is 17. The van der Waals surface area contributed by atoms with Crippen molar-refractivity contribution in [2.24, 2.45) is 0 Å². The molecule has 0 amide bonds. The summed E-state index contributed by atoms with van der Waals surface area (Å²) in [7, 11) is 0. The first-order chi connectivity index (χ1) is 18.4. The Bertz CT molecular complexity index is 971. The number of unbranched alkanes of at least 4 members (excludes halogenated alkanes) is 8. The zero-order valence-electron chi connectivity index (χ0n) is 22.8. The van der Waals surface area contributed by atoms with Crippen molar-refractivity contribution in [2.75, 3.05) is 13.2 Å². The van der Waals surface area contributed by atoms with E-state index in [1.54, 1.807) is 18.3 Å². The van der Waals surface area contributed by atoms with E-state index >= 15 is 8.78 Å². The predicted octanol–water partition coefficient (Wildman–Crippen LogP) is 8.75. The molecule has 2 heterocycles. The molecule has 0 aromatic carbocycles. The average molecular weight is 539 g/mol. The van der Waals surface area contributed by atoms with Gasteiger partial charge in [-0.1, -0.05) is 71.6 Å². The summed E-state index contributed by atoms with van der Waals surface area (Å²) in [5.41, 5.74) is -0.00731. The zero-order valence-corrected chi connectivity index (χ0v) is 22.8. The second-order valence-corrected chi connectivity index (χ2v) is 10.3. The summed E-state index contributed by atoms with van der Waals surface area (Å²) in [6, 6.07) is 4.85. The fourth-order valence-corrected chi connectivity index (χ4v) is 4.85. The lowest BCUT2D eigenvalue weighted by molar-refractivity contribution is -0.160. The number of fused-ring (bicyclic) bond motifs is 1. The van der Waals surface area contributed by atoms with Crippen molar-refractivity contribution in [1.82, 2.24) is 9.97 Å². The molecule has 0 fully saturated rings. The van der Waals surface area contributed by atoms with Crippen LogP contribution in [0.3, 0.4) is 0 Å². The van der Waals surface area contributed by atoms with Crippen LogP contribution in [0.25, 0.3) is 11.4 Å². The highest BCUT2D eigenvalue weighted by molar-refractivity contribution is 5.57. The minimum Gasteiger partial charge on any atom is -0.492 e. The van der Waals surface area contributed by atoms with E-state index < -0.39 is 36.3 Å². The topological polar surface area (TPSA) is 44.2 Å². The van der Waals surface area contributed by atoms with Crippen molar-refractivity contribution in [3.8, 4) is 17.1 Å². The van der Waals surface area contributed by atoms with Crippen LogP contribution in [0.4, 0.5) is 17.6 Å². The summed E-state index contributed by atoms with van der Waals surface area (Å²) in [5, 5.41) is 0. The molecule has 212 valence electrons. The van der Waals surface area contributed by atoms with Crippen molar-refractivity contribution in [2.45, 2.75) is 116 Å². The van der Waals surface area contributed by atoms with E-state index in [2.05, 4.69) is 23.8 Å². The minimum atomic E-state index is -3.59. The monoisotopic (exact) mass is 538 g/mol. The van der Waals surface area contributed by atoms with Gasteiger partial charge in [-0.15, -0.1) is 0 Å². The van der Waals surface area contributed by atoms with Crippen molar-refractivity contribution in [3.05, 3.63) is 41.5 Å². The Balaban J connectivity index is 1.57. The van der Waals surface area contributed by atoms with Crippen LogP contribution in [0.5, 0.6) is 5.75 Å². The zero-order chi connectivity index (χ0) is 27.4. The molecule has 0 saturated heterocycles. The molecule has 2 atom stereocenters. The first-order valence-electron chi connectivity index (χ1n) is 14.3. The number of halogens is 4. The number of alkyl halides is 3. The summed E-state index contributed by atoms with van der Waals surface area (Å²) in [6.45, 7) is 4.44. The molecule has 1 aliphatic rings. The van der Waals surface area contributed by atoms with Gasteiger partial charge in [-0.2, -0.15) is 13.2 Å². The average Bonchev–Trinajstić information content (AvgIpc) is 2.90. The van der Waals surface area contributed by atoms with Gasteiger partial charge in [-0.25, -0.2) is 9.37 Å². The van der Waals surface area contributed by atoms with Gasteiger partial charge >= 0.3 is 5.92 Å². The second-order valence-electron chi connectivity index (χ2n) is 10.3. The number of hydrogen-bond donors (Lipinski definition) is 0. The highest BCUT2D eigenvalue weighted by Gasteiger charge is 2.49. The van der Waals surface area contributed by atoms with Crippen molar-refractivity contribution >= 4 is 0 Å². The van der Waals surface area contributed by atoms with Gasteiger partial charge in [0.05, 0.1) is 36.4 Å². The van der Waals surface area contributed by atoms with E-state index in [1.165, 1.54) is 31.7 Å². The highest BCUT2D eigenvalue weighted by Crippen LogP contribution is 2.43. The van der Waals surface area contributed by atoms with Crippen molar-refractivity contribution < 1.29 is 27.0 Å². The Morgan fingerprint density at radius 2 is 1.68 bits per heavy atom. The van der Waals surface area contributed by atoms with Gasteiger partial charge in [-0.3, -0.25) is 4.98 Å². The van der Waals surface area contributed by atoms with Crippen LogP contribution < -0.4 is 4.74 Å². The number of aromatic nitrogens is 2. The van der Waals surface area contributed by atoms with Gasteiger partial charge in [0.15, 0.2) is 0 Å². The lowest BCUT2D eigenvalue weighted by Crippen LogP contribution is -2.40. The SMILES string of the molecule is CCCCCCCCOc1ccc(-c2cc3c(c(F)n2)C(F)(F)C(OCC(F)CCCCCC)CC3)nc1. The van der Waals surface area contributed by atoms with Gasteiger partial charge in [0.1, 0.15) is 18.0 Å². The van der Waals surface area contributed by atoms with Crippen LogP contribution in [0.2, 0.25) is 0 Å². The van der Waals surface area contributed by atoms with E-state index in [9.17, 15) is 8.78 Å². The van der Waals surface area contributed by atoms with Crippen LogP contribution in [0.1, 0.15) is 102 Å². The van der Waals surface area contributed by atoms with Crippen molar-refractivity contribution in [1.29, 1.82) is 0 Å². The maximum absolute atomic E-state index is 15.2. The van der Waals surface area contributed by atoms with Crippen LogP contribution in [-0.2, 0) is 17.1 Å². The smallest absolute Gasteiger partial charge is 0.303 e. The number of hydrogen-bond acceptors (Lipinski definition) is 4. The highest BCUT2D eigenvalue weighted by atomic mass is 19.3. The fraction of sp³-hybridized carbons (Fsp3) is 0.667. The minimum absolute atomic E-state index is 0.0237. The lowest BCUT2D eigenvalue weighted by atomic mass is 9.86. The van der Waals surface area contributed by atoms with Crippen molar-refractivity contribution in [3.63, 3.8) is 0 Å². The summed E-state index contributed by atoms with van der Waals surface area (Å²) in [5.74, 6) is -4.23. The van der Waals surface area contributed by atoms with E-state index in [-0.39, 0.29) is 30.5 Å².